The number of halogens is 4. The van der Waals surface area contributed by atoms with Crippen molar-refractivity contribution in [3.8, 4) is 5.75 Å². The van der Waals surface area contributed by atoms with E-state index in [1.165, 1.54) is 6.92 Å². The van der Waals surface area contributed by atoms with Crippen LogP contribution in [0.4, 0.5) is 18.9 Å². The zero-order valence-electron chi connectivity index (χ0n) is 14.5. The van der Waals surface area contributed by atoms with E-state index in [1.807, 2.05) is 11.0 Å². The zero-order chi connectivity index (χ0) is 19.8. The second-order valence-corrected chi connectivity index (χ2v) is 6.67. The average molecular weight is 403 g/mol. The van der Waals surface area contributed by atoms with Gasteiger partial charge in [-0.2, -0.15) is 18.3 Å². The molecule has 6 nitrogen and oxygen atoms in total. The van der Waals surface area contributed by atoms with Crippen LogP contribution in [0.1, 0.15) is 11.4 Å². The van der Waals surface area contributed by atoms with Crippen LogP contribution in [0.2, 0.25) is 5.02 Å². The summed E-state index contributed by atoms with van der Waals surface area (Å²) >= 11 is 5.71. The molecule has 1 aromatic heterocycles. The highest BCUT2D eigenvalue weighted by Gasteiger charge is 2.38. The molecule has 1 aliphatic heterocycles. The minimum atomic E-state index is -4.66. The maximum Gasteiger partial charge on any atom is 0.436 e. The van der Waals surface area contributed by atoms with E-state index in [4.69, 9.17) is 11.6 Å². The van der Waals surface area contributed by atoms with Gasteiger partial charge in [-0.15, -0.1) is 0 Å². The number of hydrogen-bond acceptors (Lipinski definition) is 4. The summed E-state index contributed by atoms with van der Waals surface area (Å²) in [4.78, 5) is 16.1. The Morgan fingerprint density at radius 2 is 1.93 bits per heavy atom. The molecule has 0 saturated carbocycles. The quantitative estimate of drug-likeness (QED) is 0.857. The Hall–Kier alpha value is -2.42. The van der Waals surface area contributed by atoms with Gasteiger partial charge in [-0.05, 0) is 19.1 Å². The van der Waals surface area contributed by atoms with Crippen molar-refractivity contribution < 1.29 is 23.1 Å². The van der Waals surface area contributed by atoms with E-state index in [1.54, 1.807) is 23.1 Å². The Morgan fingerprint density at radius 3 is 2.48 bits per heavy atom. The van der Waals surface area contributed by atoms with Crippen LogP contribution in [0.5, 0.6) is 5.75 Å². The molecular weight excluding hydrogens is 385 g/mol. The lowest BCUT2D eigenvalue weighted by Crippen LogP contribution is -2.49. The molecule has 0 bridgehead atoms. The van der Waals surface area contributed by atoms with Crippen molar-refractivity contribution in [3.05, 3.63) is 40.7 Å². The summed E-state index contributed by atoms with van der Waals surface area (Å²) in [7, 11) is 0. The summed E-state index contributed by atoms with van der Waals surface area (Å²) in [5, 5.41) is 12.5. The maximum absolute atomic E-state index is 12.9. The van der Waals surface area contributed by atoms with Crippen molar-refractivity contribution in [2.24, 2.45) is 0 Å². The highest BCUT2D eigenvalue weighted by molar-refractivity contribution is 6.32. The van der Waals surface area contributed by atoms with Crippen molar-refractivity contribution in [2.75, 3.05) is 31.1 Å². The van der Waals surface area contributed by atoms with Gasteiger partial charge in [-0.1, -0.05) is 17.7 Å². The van der Waals surface area contributed by atoms with Crippen LogP contribution in [0, 0.1) is 6.92 Å². The van der Waals surface area contributed by atoms with Crippen LogP contribution in [-0.4, -0.2) is 51.9 Å². The van der Waals surface area contributed by atoms with Crippen molar-refractivity contribution in [1.29, 1.82) is 0 Å². The average Bonchev–Trinajstić information content (AvgIpc) is 2.90. The third-order valence-electron chi connectivity index (χ3n) is 4.51. The van der Waals surface area contributed by atoms with Crippen LogP contribution in [0.15, 0.2) is 24.3 Å². The largest absolute Gasteiger partial charge is 0.508 e. The molecular formula is C17H18ClF3N4O2. The number of benzene rings is 1. The normalized spacial score (nSPS) is 15.3. The van der Waals surface area contributed by atoms with Gasteiger partial charge >= 0.3 is 6.18 Å². The van der Waals surface area contributed by atoms with Gasteiger partial charge in [0.05, 0.1) is 10.7 Å². The molecule has 0 spiro atoms. The van der Waals surface area contributed by atoms with Crippen molar-refractivity contribution >= 4 is 23.2 Å². The Labute approximate surface area is 158 Å². The van der Waals surface area contributed by atoms with E-state index in [9.17, 15) is 23.1 Å². The molecule has 1 fully saturated rings. The number of rotatable bonds is 3. The van der Waals surface area contributed by atoms with E-state index in [-0.39, 0.29) is 23.9 Å². The molecule has 1 aromatic carbocycles. The number of carbonyl (C=O) groups excluding carboxylic acids is 1. The lowest BCUT2D eigenvalue weighted by atomic mass is 10.2. The molecule has 1 aliphatic rings. The molecule has 2 heterocycles. The first-order valence-corrected chi connectivity index (χ1v) is 8.66. The van der Waals surface area contributed by atoms with E-state index in [2.05, 4.69) is 5.10 Å². The zero-order valence-corrected chi connectivity index (χ0v) is 15.3. The van der Waals surface area contributed by atoms with Crippen molar-refractivity contribution in [1.82, 2.24) is 14.7 Å². The van der Waals surface area contributed by atoms with Gasteiger partial charge in [-0.3, -0.25) is 9.48 Å². The number of amides is 1. The minimum Gasteiger partial charge on any atom is -0.508 e. The van der Waals surface area contributed by atoms with Gasteiger partial charge in [0, 0.05) is 37.9 Å². The summed E-state index contributed by atoms with van der Waals surface area (Å²) < 4.78 is 39.7. The Bertz CT molecular complexity index is 845. The number of nitrogens with zero attached hydrogens (tertiary/aromatic N) is 4. The summed E-state index contributed by atoms with van der Waals surface area (Å²) in [5.74, 6) is -0.154. The molecule has 1 amide bonds. The van der Waals surface area contributed by atoms with Gasteiger partial charge in [-0.25, -0.2) is 0 Å². The lowest BCUT2D eigenvalue weighted by molar-refractivity contribution is -0.142. The molecule has 0 aliphatic carbocycles. The van der Waals surface area contributed by atoms with Crippen LogP contribution in [0.3, 0.4) is 0 Å². The highest BCUT2D eigenvalue weighted by atomic mass is 35.5. The summed E-state index contributed by atoms with van der Waals surface area (Å²) in [6.45, 7) is 3.07. The predicted molar refractivity (Wildman–Crippen MR) is 93.9 cm³/mol. The highest BCUT2D eigenvalue weighted by Crippen LogP contribution is 2.35. The topological polar surface area (TPSA) is 61.6 Å². The van der Waals surface area contributed by atoms with Crippen LogP contribution in [0.25, 0.3) is 0 Å². The lowest BCUT2D eigenvalue weighted by Gasteiger charge is -2.36. The third kappa shape index (κ3) is 4.13. The summed E-state index contributed by atoms with van der Waals surface area (Å²) in [6.07, 6.45) is -4.66. The molecule has 3 rings (SSSR count). The maximum atomic E-state index is 12.9. The Morgan fingerprint density at radius 1 is 1.26 bits per heavy atom. The number of alkyl halides is 3. The molecule has 10 heteroatoms. The molecule has 0 atom stereocenters. The van der Waals surface area contributed by atoms with Gasteiger partial charge in [0.25, 0.3) is 0 Å². The van der Waals surface area contributed by atoms with E-state index >= 15 is 0 Å². The van der Waals surface area contributed by atoms with Crippen LogP contribution >= 0.6 is 11.6 Å². The molecule has 1 saturated heterocycles. The first-order valence-electron chi connectivity index (χ1n) is 8.28. The number of anilines is 1. The fourth-order valence-corrected chi connectivity index (χ4v) is 3.23. The number of piperazine rings is 1. The third-order valence-corrected chi connectivity index (χ3v) is 4.97. The fourth-order valence-electron chi connectivity index (χ4n) is 2.99. The van der Waals surface area contributed by atoms with Gasteiger partial charge in [0.2, 0.25) is 5.91 Å². The van der Waals surface area contributed by atoms with Gasteiger partial charge < -0.3 is 14.9 Å². The second kappa shape index (κ2) is 7.30. The van der Waals surface area contributed by atoms with E-state index < -0.39 is 16.9 Å². The molecule has 0 unspecified atom stereocenters. The molecule has 0 radical (unpaired) electrons. The monoisotopic (exact) mass is 402 g/mol. The number of aromatic nitrogens is 2. The molecule has 27 heavy (non-hydrogen) atoms. The van der Waals surface area contributed by atoms with Gasteiger partial charge in [0.1, 0.15) is 12.3 Å². The number of phenols is 1. The molecule has 2 aromatic rings. The number of carbonyl (C=O) groups is 1. The second-order valence-electron chi connectivity index (χ2n) is 6.29. The van der Waals surface area contributed by atoms with Gasteiger partial charge in [0.15, 0.2) is 5.69 Å². The number of aromatic hydroxyl groups is 1. The van der Waals surface area contributed by atoms with Crippen molar-refractivity contribution in [2.45, 2.75) is 19.6 Å². The standard InChI is InChI=1S/C17H18ClF3N4O2/c1-11-15(18)16(17(19,20)21)22-25(11)10-14(27)24-7-5-23(6-8-24)12-3-2-4-13(26)9-12/h2-4,9,26H,5-8,10H2,1H3. The smallest absolute Gasteiger partial charge is 0.436 e. The number of hydrogen-bond donors (Lipinski definition) is 1. The SMILES string of the molecule is Cc1c(Cl)c(C(F)(F)F)nn1CC(=O)N1CCN(c2cccc(O)c2)CC1. The van der Waals surface area contributed by atoms with Crippen LogP contribution in [-0.2, 0) is 17.5 Å². The summed E-state index contributed by atoms with van der Waals surface area (Å²) in [5.41, 5.74) is -0.217. The number of phenolic OH excluding ortho intramolecular Hbond substituents is 1. The molecule has 1 N–H and O–H groups in total. The first-order chi connectivity index (χ1) is 12.7. The van der Waals surface area contributed by atoms with E-state index in [0.29, 0.717) is 26.2 Å². The van der Waals surface area contributed by atoms with Crippen LogP contribution < -0.4 is 4.90 Å². The fraction of sp³-hybridized carbons (Fsp3) is 0.412. The first kappa shape index (κ1) is 19.3. The Kier molecular flexibility index (Phi) is 5.23. The predicted octanol–water partition coefficient (Wildman–Crippen LogP) is 2.92. The molecule has 146 valence electrons. The Balaban J connectivity index is 1.64. The van der Waals surface area contributed by atoms with E-state index in [0.717, 1.165) is 10.4 Å². The van der Waals surface area contributed by atoms with Crippen molar-refractivity contribution in [3.63, 3.8) is 0 Å². The summed E-state index contributed by atoms with van der Waals surface area (Å²) in [6, 6.07) is 6.83. The minimum absolute atomic E-state index is 0.107.